The average Bonchev–Trinajstić information content (AvgIpc) is 2.69. The third kappa shape index (κ3) is 3.85. The smallest absolute Gasteiger partial charge is 0.271 e. The molecular formula is C22H25N3O5. The molecule has 2 atom stereocenters. The van der Waals surface area contributed by atoms with E-state index >= 15 is 0 Å². The van der Waals surface area contributed by atoms with E-state index < -0.39 is 23.0 Å². The summed E-state index contributed by atoms with van der Waals surface area (Å²) in [6.07, 6.45) is -0.340. The Kier molecular flexibility index (Phi) is 5.78. The van der Waals surface area contributed by atoms with Gasteiger partial charge in [-0.05, 0) is 51.3 Å². The number of nitro groups is 1. The molecule has 0 aromatic heterocycles. The van der Waals surface area contributed by atoms with Crippen molar-refractivity contribution in [2.75, 3.05) is 10.2 Å². The number of hydrogen-bond donors (Lipinski definition) is 1. The predicted molar refractivity (Wildman–Crippen MR) is 114 cm³/mol. The lowest BCUT2D eigenvalue weighted by atomic mass is 10.0. The molecule has 2 unspecified atom stereocenters. The summed E-state index contributed by atoms with van der Waals surface area (Å²) >= 11 is 0. The van der Waals surface area contributed by atoms with Gasteiger partial charge in [-0.1, -0.05) is 24.6 Å². The molecule has 2 amide bonds. The first kappa shape index (κ1) is 21.3. The van der Waals surface area contributed by atoms with Gasteiger partial charge >= 0.3 is 0 Å². The third-order valence-electron chi connectivity index (χ3n) is 5.26. The molecule has 1 N–H and O–H groups in total. The summed E-state index contributed by atoms with van der Waals surface area (Å²) in [6.45, 7) is 9.21. The fraction of sp³-hybridized carbons (Fsp3) is 0.364. The van der Waals surface area contributed by atoms with Crippen molar-refractivity contribution in [2.45, 2.75) is 53.2 Å². The van der Waals surface area contributed by atoms with Crippen LogP contribution < -0.4 is 15.0 Å². The summed E-state index contributed by atoms with van der Waals surface area (Å²) in [4.78, 5) is 38.1. The van der Waals surface area contributed by atoms with Crippen molar-refractivity contribution >= 4 is 28.9 Å². The Morgan fingerprint density at radius 2 is 1.87 bits per heavy atom. The molecule has 0 aliphatic carbocycles. The minimum absolute atomic E-state index is 0.178. The molecule has 1 aliphatic rings. The highest BCUT2D eigenvalue weighted by Gasteiger charge is 2.39. The molecule has 0 fully saturated rings. The number of fused-ring (bicyclic) bond motifs is 1. The van der Waals surface area contributed by atoms with Crippen LogP contribution in [0.2, 0.25) is 0 Å². The van der Waals surface area contributed by atoms with E-state index in [0.29, 0.717) is 17.9 Å². The number of carbonyl (C=O) groups is 2. The summed E-state index contributed by atoms with van der Waals surface area (Å²) in [6, 6.07) is 7.11. The second-order valence-electron chi connectivity index (χ2n) is 7.57. The number of rotatable bonds is 5. The second-order valence-corrected chi connectivity index (χ2v) is 7.57. The number of hydrogen-bond acceptors (Lipinski definition) is 5. The first-order valence-electron chi connectivity index (χ1n) is 9.81. The van der Waals surface area contributed by atoms with E-state index in [4.69, 9.17) is 4.74 Å². The normalized spacial score (nSPS) is 16.5. The quantitative estimate of drug-likeness (QED) is 0.591. The van der Waals surface area contributed by atoms with Crippen LogP contribution in [0.1, 0.15) is 37.0 Å². The lowest BCUT2D eigenvalue weighted by molar-refractivity contribution is -0.384. The first-order chi connectivity index (χ1) is 14.1. The van der Waals surface area contributed by atoms with Gasteiger partial charge in [-0.2, -0.15) is 0 Å². The molecule has 0 spiro atoms. The molecule has 158 valence electrons. The standard InChI is InChI=1S/C22H25N3O5/c1-6-18-22(27)24(17-11-16(25(28)29)7-8-19(17)30-18)15(5)21(26)23-20-13(3)9-12(2)10-14(20)4/h7-11,15,18H,6H2,1-5H3,(H,23,26). The molecule has 0 saturated heterocycles. The molecule has 2 aromatic rings. The van der Waals surface area contributed by atoms with Crippen molar-refractivity contribution in [2.24, 2.45) is 0 Å². The van der Waals surface area contributed by atoms with Crippen molar-refractivity contribution in [3.63, 3.8) is 0 Å². The Balaban J connectivity index is 1.98. The Morgan fingerprint density at radius 3 is 2.43 bits per heavy atom. The van der Waals surface area contributed by atoms with Gasteiger partial charge in [0.15, 0.2) is 6.10 Å². The van der Waals surface area contributed by atoms with Gasteiger partial charge in [0.25, 0.3) is 11.6 Å². The molecule has 0 radical (unpaired) electrons. The van der Waals surface area contributed by atoms with Crippen LogP contribution in [0.25, 0.3) is 0 Å². The van der Waals surface area contributed by atoms with E-state index in [-0.39, 0.29) is 17.3 Å². The molecule has 30 heavy (non-hydrogen) atoms. The second kappa shape index (κ2) is 8.14. The van der Waals surface area contributed by atoms with Gasteiger partial charge in [0, 0.05) is 17.8 Å². The SMILES string of the molecule is CCC1Oc2ccc([N+](=O)[O-])cc2N(C(C)C(=O)Nc2c(C)cc(C)cc2C)C1=O. The summed E-state index contributed by atoms with van der Waals surface area (Å²) < 4.78 is 5.71. The number of ether oxygens (including phenoxy) is 1. The minimum atomic E-state index is -0.892. The Bertz CT molecular complexity index is 1010. The molecule has 0 saturated carbocycles. The minimum Gasteiger partial charge on any atom is -0.478 e. The zero-order chi connectivity index (χ0) is 22.2. The van der Waals surface area contributed by atoms with E-state index in [2.05, 4.69) is 5.32 Å². The number of carbonyl (C=O) groups excluding carboxylic acids is 2. The van der Waals surface area contributed by atoms with E-state index in [0.717, 1.165) is 16.7 Å². The number of benzene rings is 2. The molecule has 8 heteroatoms. The van der Waals surface area contributed by atoms with Crippen LogP contribution in [0.3, 0.4) is 0 Å². The van der Waals surface area contributed by atoms with Crippen molar-refractivity contribution < 1.29 is 19.2 Å². The highest BCUT2D eigenvalue weighted by atomic mass is 16.6. The number of nitro benzene ring substituents is 1. The van der Waals surface area contributed by atoms with Gasteiger partial charge < -0.3 is 10.1 Å². The molecule has 3 rings (SSSR count). The highest BCUT2D eigenvalue weighted by Crippen LogP contribution is 2.39. The predicted octanol–water partition coefficient (Wildman–Crippen LogP) is 4.05. The Labute approximate surface area is 175 Å². The lowest BCUT2D eigenvalue weighted by Gasteiger charge is -2.37. The van der Waals surface area contributed by atoms with Crippen molar-refractivity contribution in [1.29, 1.82) is 0 Å². The van der Waals surface area contributed by atoms with Crippen LogP contribution in [0.5, 0.6) is 5.75 Å². The maximum atomic E-state index is 13.1. The van der Waals surface area contributed by atoms with Crippen molar-refractivity contribution in [1.82, 2.24) is 0 Å². The Hall–Kier alpha value is -3.42. The third-order valence-corrected chi connectivity index (χ3v) is 5.26. The van der Waals surface area contributed by atoms with Gasteiger partial charge in [0.1, 0.15) is 11.8 Å². The van der Waals surface area contributed by atoms with Crippen LogP contribution in [0.15, 0.2) is 30.3 Å². The number of anilines is 2. The number of nitrogens with zero attached hydrogens (tertiary/aromatic N) is 2. The molecular weight excluding hydrogens is 386 g/mol. The van der Waals surface area contributed by atoms with Crippen LogP contribution in [-0.2, 0) is 9.59 Å². The summed E-state index contributed by atoms with van der Waals surface area (Å²) in [5, 5.41) is 14.1. The lowest BCUT2D eigenvalue weighted by Crippen LogP contribution is -2.53. The zero-order valence-corrected chi connectivity index (χ0v) is 17.7. The first-order valence-corrected chi connectivity index (χ1v) is 9.81. The van der Waals surface area contributed by atoms with Crippen LogP contribution in [0.4, 0.5) is 17.1 Å². The van der Waals surface area contributed by atoms with Crippen molar-refractivity contribution in [3.05, 3.63) is 57.1 Å². The van der Waals surface area contributed by atoms with Gasteiger partial charge in [-0.3, -0.25) is 24.6 Å². The van der Waals surface area contributed by atoms with Gasteiger partial charge in [0.05, 0.1) is 10.6 Å². The number of amides is 2. The van der Waals surface area contributed by atoms with Gasteiger partial charge in [0.2, 0.25) is 5.91 Å². The fourth-order valence-electron chi connectivity index (χ4n) is 3.76. The number of aryl methyl sites for hydroxylation is 3. The summed E-state index contributed by atoms with van der Waals surface area (Å²) in [5.74, 6) is -0.437. The summed E-state index contributed by atoms with van der Waals surface area (Å²) in [5.41, 5.74) is 3.67. The molecule has 1 aliphatic heterocycles. The molecule has 0 bridgehead atoms. The zero-order valence-electron chi connectivity index (χ0n) is 17.7. The van der Waals surface area contributed by atoms with Gasteiger partial charge in [-0.25, -0.2) is 0 Å². The molecule has 1 heterocycles. The van der Waals surface area contributed by atoms with E-state index in [1.807, 2.05) is 32.9 Å². The summed E-state index contributed by atoms with van der Waals surface area (Å²) in [7, 11) is 0. The highest BCUT2D eigenvalue weighted by molar-refractivity contribution is 6.08. The molecule has 2 aromatic carbocycles. The number of nitrogens with one attached hydrogen (secondary N) is 1. The number of non-ortho nitro benzene ring substituents is 1. The maximum Gasteiger partial charge on any atom is 0.271 e. The van der Waals surface area contributed by atoms with Crippen LogP contribution in [0, 0.1) is 30.9 Å². The van der Waals surface area contributed by atoms with Gasteiger partial charge in [-0.15, -0.1) is 0 Å². The fourth-order valence-corrected chi connectivity index (χ4v) is 3.76. The van der Waals surface area contributed by atoms with E-state index in [1.165, 1.54) is 23.1 Å². The topological polar surface area (TPSA) is 102 Å². The molecule has 8 nitrogen and oxygen atoms in total. The van der Waals surface area contributed by atoms with E-state index in [1.54, 1.807) is 13.8 Å². The van der Waals surface area contributed by atoms with E-state index in [9.17, 15) is 19.7 Å². The monoisotopic (exact) mass is 411 g/mol. The maximum absolute atomic E-state index is 13.1. The van der Waals surface area contributed by atoms with Crippen molar-refractivity contribution in [3.8, 4) is 5.75 Å². The van der Waals surface area contributed by atoms with Crippen LogP contribution in [-0.4, -0.2) is 28.9 Å². The Morgan fingerprint density at radius 1 is 1.23 bits per heavy atom. The van der Waals surface area contributed by atoms with Crippen LogP contribution >= 0.6 is 0 Å². The largest absolute Gasteiger partial charge is 0.478 e. The average molecular weight is 411 g/mol.